The first-order chi connectivity index (χ1) is 8.93. The second-order valence-corrected chi connectivity index (χ2v) is 6.93. The van der Waals surface area contributed by atoms with E-state index in [4.69, 9.17) is 0 Å². The fraction of sp³-hybridized carbons (Fsp3) is 0.750. The minimum absolute atomic E-state index is 0.879. The molecule has 1 saturated heterocycles. The molecule has 18 heavy (non-hydrogen) atoms. The van der Waals surface area contributed by atoms with E-state index < -0.39 is 0 Å². The Hall–Kier alpha value is -0.340. The van der Waals surface area contributed by atoms with Crippen molar-refractivity contribution in [1.82, 2.24) is 4.90 Å². The van der Waals surface area contributed by atoms with Gasteiger partial charge in [-0.2, -0.15) is 0 Å². The summed E-state index contributed by atoms with van der Waals surface area (Å²) in [6, 6.07) is 2.39. The molecule has 3 rings (SSSR count). The fourth-order valence-electron chi connectivity index (χ4n) is 3.63. The SMILES string of the molecule is c1cc2c(s1)CCC[C@@H]2CCCN1CCCCC1. The number of likely N-dealkylation sites (tertiary alicyclic amines) is 1. The van der Waals surface area contributed by atoms with Crippen LogP contribution >= 0.6 is 11.3 Å². The van der Waals surface area contributed by atoms with Crippen LogP contribution in [0.3, 0.4) is 0 Å². The van der Waals surface area contributed by atoms with E-state index in [2.05, 4.69) is 16.3 Å². The molecule has 2 aliphatic rings. The maximum Gasteiger partial charge on any atom is 0.00800 e. The zero-order valence-electron chi connectivity index (χ0n) is 11.4. The lowest BCUT2D eigenvalue weighted by atomic mass is 9.84. The molecule has 2 heterocycles. The largest absolute Gasteiger partial charge is 0.303 e. The van der Waals surface area contributed by atoms with Crippen molar-refractivity contribution in [2.75, 3.05) is 19.6 Å². The first-order valence-electron chi connectivity index (χ1n) is 7.72. The van der Waals surface area contributed by atoms with Gasteiger partial charge in [0.2, 0.25) is 0 Å². The maximum atomic E-state index is 2.68. The van der Waals surface area contributed by atoms with E-state index in [0.717, 1.165) is 5.92 Å². The van der Waals surface area contributed by atoms with Crippen LogP contribution in [0, 0.1) is 0 Å². The maximum absolute atomic E-state index is 2.68. The standard InChI is InChI=1S/C16H25NS/c1-2-10-17(11-3-1)12-5-7-14-6-4-8-16-15(14)9-13-18-16/h9,13-14H,1-8,10-12H2/t14-/m1/s1. The van der Waals surface area contributed by atoms with E-state index >= 15 is 0 Å². The zero-order chi connectivity index (χ0) is 12.2. The van der Waals surface area contributed by atoms with Crippen molar-refractivity contribution in [2.24, 2.45) is 0 Å². The second-order valence-electron chi connectivity index (χ2n) is 5.93. The van der Waals surface area contributed by atoms with E-state index in [9.17, 15) is 0 Å². The molecule has 0 spiro atoms. The van der Waals surface area contributed by atoms with Gasteiger partial charge in [-0.1, -0.05) is 6.42 Å². The minimum atomic E-state index is 0.879. The Morgan fingerprint density at radius 1 is 1.17 bits per heavy atom. The first-order valence-corrected chi connectivity index (χ1v) is 8.60. The van der Waals surface area contributed by atoms with Crippen LogP contribution in [-0.2, 0) is 6.42 Å². The molecule has 0 saturated carbocycles. The molecule has 1 aromatic rings. The number of fused-ring (bicyclic) bond motifs is 1. The minimum Gasteiger partial charge on any atom is -0.303 e. The average molecular weight is 263 g/mol. The van der Waals surface area contributed by atoms with Crippen LogP contribution in [0.5, 0.6) is 0 Å². The van der Waals surface area contributed by atoms with Crippen molar-refractivity contribution in [3.8, 4) is 0 Å². The molecule has 1 aliphatic heterocycles. The lowest BCUT2D eigenvalue weighted by Crippen LogP contribution is -2.30. The van der Waals surface area contributed by atoms with E-state index in [0.29, 0.717) is 0 Å². The van der Waals surface area contributed by atoms with E-state index in [-0.39, 0.29) is 0 Å². The summed E-state index contributed by atoms with van der Waals surface area (Å²) >= 11 is 1.98. The Morgan fingerprint density at radius 3 is 2.94 bits per heavy atom. The number of hydrogen-bond acceptors (Lipinski definition) is 2. The van der Waals surface area contributed by atoms with Crippen molar-refractivity contribution in [2.45, 2.75) is 57.3 Å². The molecule has 0 N–H and O–H groups in total. The van der Waals surface area contributed by atoms with Gasteiger partial charge in [-0.15, -0.1) is 11.3 Å². The smallest absolute Gasteiger partial charge is 0.00800 e. The van der Waals surface area contributed by atoms with Crippen LogP contribution in [0.2, 0.25) is 0 Å². The Kier molecular flexibility index (Phi) is 4.37. The third kappa shape index (κ3) is 2.97. The predicted octanol–water partition coefficient (Wildman–Crippen LogP) is 4.43. The van der Waals surface area contributed by atoms with E-state index in [1.165, 1.54) is 71.0 Å². The average Bonchev–Trinajstić information content (AvgIpc) is 2.89. The molecule has 1 nitrogen and oxygen atoms in total. The van der Waals surface area contributed by atoms with Gasteiger partial charge in [0.05, 0.1) is 0 Å². The summed E-state index contributed by atoms with van der Waals surface area (Å²) < 4.78 is 0. The van der Waals surface area contributed by atoms with Gasteiger partial charge in [0.15, 0.2) is 0 Å². The molecule has 0 amide bonds. The van der Waals surface area contributed by atoms with Crippen LogP contribution in [0.15, 0.2) is 11.4 Å². The van der Waals surface area contributed by atoms with Gasteiger partial charge in [-0.3, -0.25) is 0 Å². The normalized spacial score (nSPS) is 25.0. The topological polar surface area (TPSA) is 3.24 Å². The number of piperidine rings is 1. The summed E-state index contributed by atoms with van der Waals surface area (Å²) in [6.07, 6.45) is 11.3. The Bertz CT molecular complexity index is 365. The molecule has 100 valence electrons. The Morgan fingerprint density at radius 2 is 2.06 bits per heavy atom. The first kappa shape index (κ1) is 12.7. The van der Waals surface area contributed by atoms with Gasteiger partial charge in [0, 0.05) is 4.88 Å². The van der Waals surface area contributed by atoms with Crippen molar-refractivity contribution in [3.63, 3.8) is 0 Å². The van der Waals surface area contributed by atoms with Crippen molar-refractivity contribution < 1.29 is 0 Å². The lowest BCUT2D eigenvalue weighted by molar-refractivity contribution is 0.222. The van der Waals surface area contributed by atoms with E-state index in [1.54, 1.807) is 10.4 Å². The molecule has 0 bridgehead atoms. The van der Waals surface area contributed by atoms with Gasteiger partial charge >= 0.3 is 0 Å². The molecule has 1 aromatic heterocycles. The monoisotopic (exact) mass is 263 g/mol. The molecular formula is C16H25NS. The number of aryl methyl sites for hydroxylation is 1. The summed E-state index contributed by atoms with van der Waals surface area (Å²) in [5.41, 5.74) is 1.70. The van der Waals surface area contributed by atoms with Crippen LogP contribution in [0.25, 0.3) is 0 Å². The molecule has 0 unspecified atom stereocenters. The third-order valence-electron chi connectivity index (χ3n) is 4.65. The number of rotatable bonds is 4. The number of nitrogens with zero attached hydrogens (tertiary/aromatic N) is 1. The third-order valence-corrected chi connectivity index (χ3v) is 5.65. The summed E-state index contributed by atoms with van der Waals surface area (Å²) in [7, 11) is 0. The highest BCUT2D eigenvalue weighted by molar-refractivity contribution is 7.10. The summed E-state index contributed by atoms with van der Waals surface area (Å²) in [4.78, 5) is 4.37. The molecular weight excluding hydrogens is 238 g/mol. The van der Waals surface area contributed by atoms with Gasteiger partial charge in [0.25, 0.3) is 0 Å². The quantitative estimate of drug-likeness (QED) is 0.776. The van der Waals surface area contributed by atoms with Crippen LogP contribution in [0.4, 0.5) is 0 Å². The van der Waals surface area contributed by atoms with Crippen molar-refractivity contribution >= 4 is 11.3 Å². The summed E-state index contributed by atoms with van der Waals surface area (Å²) in [5.74, 6) is 0.879. The van der Waals surface area contributed by atoms with Gasteiger partial charge in [-0.05, 0) is 87.5 Å². The highest BCUT2D eigenvalue weighted by Gasteiger charge is 2.21. The van der Waals surface area contributed by atoms with Gasteiger partial charge < -0.3 is 4.90 Å². The molecule has 0 aromatic carbocycles. The summed E-state index contributed by atoms with van der Waals surface area (Å²) in [6.45, 7) is 4.05. The second kappa shape index (κ2) is 6.21. The van der Waals surface area contributed by atoms with Crippen LogP contribution in [0.1, 0.15) is 61.3 Å². The lowest BCUT2D eigenvalue weighted by Gasteiger charge is -2.28. The van der Waals surface area contributed by atoms with E-state index in [1.807, 2.05) is 11.3 Å². The van der Waals surface area contributed by atoms with Gasteiger partial charge in [0.1, 0.15) is 0 Å². The highest BCUT2D eigenvalue weighted by atomic mass is 32.1. The molecule has 1 atom stereocenters. The Labute approximate surface area is 115 Å². The Balaban J connectivity index is 1.46. The zero-order valence-corrected chi connectivity index (χ0v) is 12.2. The van der Waals surface area contributed by atoms with Crippen LogP contribution < -0.4 is 0 Å². The molecule has 0 radical (unpaired) electrons. The fourth-order valence-corrected chi connectivity index (χ4v) is 4.64. The molecule has 1 fully saturated rings. The summed E-state index contributed by atoms with van der Waals surface area (Å²) in [5, 5.41) is 2.30. The predicted molar refractivity (Wildman–Crippen MR) is 79.5 cm³/mol. The van der Waals surface area contributed by atoms with Crippen molar-refractivity contribution in [1.29, 1.82) is 0 Å². The number of thiophene rings is 1. The number of hydrogen-bond donors (Lipinski definition) is 0. The highest BCUT2D eigenvalue weighted by Crippen LogP contribution is 2.37. The van der Waals surface area contributed by atoms with Crippen molar-refractivity contribution in [3.05, 3.63) is 21.9 Å². The molecule has 1 aliphatic carbocycles. The molecule has 2 heteroatoms. The van der Waals surface area contributed by atoms with Gasteiger partial charge in [-0.25, -0.2) is 0 Å². The van der Waals surface area contributed by atoms with Crippen LogP contribution in [-0.4, -0.2) is 24.5 Å².